The first-order chi connectivity index (χ1) is 9.17. The number of nitrogens with two attached hydrogens (primary N) is 1. The van der Waals surface area contributed by atoms with Crippen LogP contribution in [0, 0.1) is 3.57 Å². The molecular formula is C15H16ClIN2. The second-order valence-corrected chi connectivity index (χ2v) is 6.21. The van der Waals surface area contributed by atoms with Crippen molar-refractivity contribution in [3.63, 3.8) is 0 Å². The van der Waals surface area contributed by atoms with E-state index in [0.29, 0.717) is 0 Å². The fourth-order valence-corrected chi connectivity index (χ4v) is 2.49. The number of hydrogen-bond acceptors (Lipinski definition) is 2. The van der Waals surface area contributed by atoms with Crippen LogP contribution in [0.3, 0.4) is 0 Å². The highest BCUT2D eigenvalue weighted by atomic mass is 127. The van der Waals surface area contributed by atoms with Crippen LogP contribution in [-0.2, 0) is 12.8 Å². The van der Waals surface area contributed by atoms with E-state index in [0.717, 1.165) is 17.9 Å². The van der Waals surface area contributed by atoms with E-state index in [1.54, 1.807) is 0 Å². The molecule has 2 aromatic rings. The third-order valence-corrected chi connectivity index (χ3v) is 4.00. The van der Waals surface area contributed by atoms with Gasteiger partial charge < -0.3 is 0 Å². The molecule has 0 radical (unpaired) electrons. The summed E-state index contributed by atoms with van der Waals surface area (Å²) in [7, 11) is 0. The second-order valence-electron chi connectivity index (χ2n) is 4.52. The molecule has 0 heterocycles. The molecule has 4 heteroatoms. The van der Waals surface area contributed by atoms with Crippen LogP contribution in [0.2, 0.25) is 5.02 Å². The first-order valence-electron chi connectivity index (χ1n) is 6.12. The minimum atomic E-state index is 0.223. The van der Waals surface area contributed by atoms with Gasteiger partial charge in [0.15, 0.2) is 0 Å². The number of halogens is 2. The first-order valence-corrected chi connectivity index (χ1v) is 7.58. The lowest BCUT2D eigenvalue weighted by Gasteiger charge is -2.16. The Bertz CT molecular complexity index is 463. The normalized spacial score (nSPS) is 12.4. The minimum absolute atomic E-state index is 0.223. The summed E-state index contributed by atoms with van der Waals surface area (Å²) >= 11 is 8.19. The van der Waals surface area contributed by atoms with Crippen molar-refractivity contribution in [1.82, 2.24) is 5.43 Å². The lowest BCUT2D eigenvalue weighted by Crippen LogP contribution is -2.38. The summed E-state index contributed by atoms with van der Waals surface area (Å²) < 4.78 is 1.25. The van der Waals surface area contributed by atoms with E-state index >= 15 is 0 Å². The van der Waals surface area contributed by atoms with Gasteiger partial charge in [-0.05, 0) is 70.8 Å². The van der Waals surface area contributed by atoms with E-state index in [9.17, 15) is 0 Å². The molecule has 3 N–H and O–H groups in total. The summed E-state index contributed by atoms with van der Waals surface area (Å²) in [6, 6.07) is 16.7. The predicted molar refractivity (Wildman–Crippen MR) is 89.1 cm³/mol. The molecule has 0 aromatic heterocycles. The molecule has 19 heavy (non-hydrogen) atoms. The molecular weight excluding hydrogens is 371 g/mol. The summed E-state index contributed by atoms with van der Waals surface area (Å²) in [4.78, 5) is 0. The van der Waals surface area contributed by atoms with E-state index in [-0.39, 0.29) is 6.04 Å². The van der Waals surface area contributed by atoms with Gasteiger partial charge in [-0.25, -0.2) is 0 Å². The molecule has 0 saturated carbocycles. The van der Waals surface area contributed by atoms with E-state index in [1.165, 1.54) is 14.7 Å². The standard InChI is InChI=1S/C15H16ClIN2/c16-13-5-1-11(2-6-13)9-15(19-18)10-12-3-7-14(17)8-4-12/h1-8,15,19H,9-10,18H2. The van der Waals surface area contributed by atoms with Crippen LogP contribution in [0.4, 0.5) is 0 Å². The molecule has 0 aliphatic heterocycles. The van der Waals surface area contributed by atoms with Gasteiger partial charge in [0.2, 0.25) is 0 Å². The molecule has 0 aliphatic rings. The van der Waals surface area contributed by atoms with Crippen molar-refractivity contribution in [2.75, 3.05) is 0 Å². The second kappa shape index (κ2) is 7.24. The van der Waals surface area contributed by atoms with Gasteiger partial charge >= 0.3 is 0 Å². The highest BCUT2D eigenvalue weighted by Crippen LogP contribution is 2.14. The molecule has 2 rings (SSSR count). The zero-order valence-corrected chi connectivity index (χ0v) is 13.4. The molecule has 1 unspecified atom stereocenters. The van der Waals surface area contributed by atoms with E-state index < -0.39 is 0 Å². The SMILES string of the molecule is NNC(Cc1ccc(Cl)cc1)Cc1ccc(I)cc1. The maximum Gasteiger partial charge on any atom is 0.0406 e. The van der Waals surface area contributed by atoms with Crippen molar-refractivity contribution in [2.24, 2.45) is 5.84 Å². The lowest BCUT2D eigenvalue weighted by molar-refractivity contribution is 0.522. The van der Waals surface area contributed by atoms with Crippen molar-refractivity contribution in [2.45, 2.75) is 18.9 Å². The Hall–Kier alpha value is -0.620. The molecule has 100 valence electrons. The molecule has 2 nitrogen and oxygen atoms in total. The van der Waals surface area contributed by atoms with Crippen LogP contribution in [0.1, 0.15) is 11.1 Å². The van der Waals surface area contributed by atoms with Crippen LogP contribution in [0.5, 0.6) is 0 Å². The largest absolute Gasteiger partial charge is 0.271 e. The highest BCUT2D eigenvalue weighted by molar-refractivity contribution is 14.1. The van der Waals surface area contributed by atoms with E-state index in [2.05, 4.69) is 52.3 Å². The molecule has 0 saturated heterocycles. The van der Waals surface area contributed by atoms with Gasteiger partial charge in [-0.2, -0.15) is 0 Å². The number of hydrazine groups is 1. The van der Waals surface area contributed by atoms with Gasteiger partial charge in [0.1, 0.15) is 0 Å². The van der Waals surface area contributed by atoms with E-state index in [4.69, 9.17) is 17.4 Å². The van der Waals surface area contributed by atoms with Crippen molar-refractivity contribution < 1.29 is 0 Å². The van der Waals surface area contributed by atoms with Gasteiger partial charge in [0.25, 0.3) is 0 Å². The average Bonchev–Trinajstić information content (AvgIpc) is 2.43. The first kappa shape index (κ1) is 14.8. The predicted octanol–water partition coefficient (Wildman–Crippen LogP) is 3.56. The highest BCUT2D eigenvalue weighted by Gasteiger charge is 2.09. The molecule has 0 fully saturated rings. The monoisotopic (exact) mass is 386 g/mol. The van der Waals surface area contributed by atoms with Crippen LogP contribution >= 0.6 is 34.2 Å². The van der Waals surface area contributed by atoms with Crippen molar-refractivity contribution in [1.29, 1.82) is 0 Å². The number of rotatable bonds is 5. The van der Waals surface area contributed by atoms with Crippen molar-refractivity contribution in [3.8, 4) is 0 Å². The zero-order chi connectivity index (χ0) is 13.7. The summed E-state index contributed by atoms with van der Waals surface area (Å²) in [5, 5.41) is 0.763. The summed E-state index contributed by atoms with van der Waals surface area (Å²) in [6.45, 7) is 0. The van der Waals surface area contributed by atoms with Gasteiger partial charge in [-0.3, -0.25) is 11.3 Å². The van der Waals surface area contributed by atoms with Crippen LogP contribution in [0.25, 0.3) is 0 Å². The maximum absolute atomic E-state index is 5.89. The molecule has 0 bridgehead atoms. The van der Waals surface area contributed by atoms with Crippen LogP contribution in [0.15, 0.2) is 48.5 Å². The van der Waals surface area contributed by atoms with Gasteiger partial charge in [-0.1, -0.05) is 35.9 Å². The zero-order valence-electron chi connectivity index (χ0n) is 10.4. The Morgan fingerprint density at radius 2 is 1.42 bits per heavy atom. The fourth-order valence-electron chi connectivity index (χ4n) is 2.00. The van der Waals surface area contributed by atoms with Crippen LogP contribution < -0.4 is 11.3 Å². The Labute approximate surface area is 132 Å². The summed E-state index contributed by atoms with van der Waals surface area (Å²) in [5.74, 6) is 5.65. The number of benzene rings is 2. The number of nitrogens with one attached hydrogen (secondary N) is 1. The minimum Gasteiger partial charge on any atom is -0.271 e. The Morgan fingerprint density at radius 3 is 1.89 bits per heavy atom. The van der Waals surface area contributed by atoms with Crippen LogP contribution in [-0.4, -0.2) is 6.04 Å². The van der Waals surface area contributed by atoms with E-state index in [1.807, 2.05) is 24.3 Å². The van der Waals surface area contributed by atoms with Crippen molar-refractivity contribution >= 4 is 34.2 Å². The number of hydrogen-bond donors (Lipinski definition) is 2. The third-order valence-electron chi connectivity index (χ3n) is 3.03. The maximum atomic E-state index is 5.89. The Kier molecular flexibility index (Phi) is 5.63. The van der Waals surface area contributed by atoms with Gasteiger partial charge in [0, 0.05) is 14.6 Å². The Morgan fingerprint density at radius 1 is 0.947 bits per heavy atom. The Balaban J connectivity index is 2.00. The summed E-state index contributed by atoms with van der Waals surface area (Å²) in [6.07, 6.45) is 1.80. The van der Waals surface area contributed by atoms with Gasteiger partial charge in [-0.15, -0.1) is 0 Å². The molecule has 1 atom stereocenters. The topological polar surface area (TPSA) is 38.0 Å². The molecule has 0 spiro atoms. The quantitative estimate of drug-likeness (QED) is 0.468. The lowest BCUT2D eigenvalue weighted by atomic mass is 9.99. The summed E-state index contributed by atoms with van der Waals surface area (Å²) in [5.41, 5.74) is 5.42. The third kappa shape index (κ3) is 4.76. The van der Waals surface area contributed by atoms with Crippen molar-refractivity contribution in [3.05, 3.63) is 68.3 Å². The molecule has 0 amide bonds. The molecule has 0 aliphatic carbocycles. The average molecular weight is 387 g/mol. The fraction of sp³-hybridized carbons (Fsp3) is 0.200. The smallest absolute Gasteiger partial charge is 0.0406 e. The molecule has 2 aromatic carbocycles. The van der Waals surface area contributed by atoms with Gasteiger partial charge in [0.05, 0.1) is 0 Å².